The third-order valence-electron chi connectivity index (χ3n) is 5.97. The first-order chi connectivity index (χ1) is 12.8. The molecule has 27 heavy (non-hydrogen) atoms. The summed E-state index contributed by atoms with van der Waals surface area (Å²) in [6, 6.07) is 0. The van der Waals surface area contributed by atoms with E-state index in [2.05, 4.69) is 6.58 Å². The van der Waals surface area contributed by atoms with Gasteiger partial charge in [0.25, 0.3) is 0 Å². The monoisotopic (exact) mass is 376 g/mol. The van der Waals surface area contributed by atoms with E-state index in [-0.39, 0.29) is 30.5 Å². The van der Waals surface area contributed by atoms with Gasteiger partial charge in [0.15, 0.2) is 0 Å². The van der Waals surface area contributed by atoms with Gasteiger partial charge in [-0.1, -0.05) is 12.7 Å². The lowest BCUT2D eigenvalue weighted by Gasteiger charge is -2.28. The van der Waals surface area contributed by atoms with E-state index < -0.39 is 35.7 Å². The molecule has 146 valence electrons. The van der Waals surface area contributed by atoms with Crippen LogP contribution in [0, 0.1) is 5.92 Å². The molecule has 0 aromatic carbocycles. The number of aliphatic hydroxyl groups is 1. The molecule has 3 saturated heterocycles. The van der Waals surface area contributed by atoms with Crippen molar-refractivity contribution >= 4 is 11.9 Å². The fraction of sp³-hybridized carbons (Fsp3) is 0.600. The van der Waals surface area contributed by atoms with Gasteiger partial charge in [-0.25, -0.2) is 9.59 Å². The standard InChI is InChI=1S/C20H24O7/c1-5-9(2)18(22)25-13-7-20(4)17(27-20)16-15(26-16)11(8-21)6-12-14(13)10(3)19(23)24-12/h5-6,12-17,21H,3,7-8H2,1-2,4H3/b9-5-,11-6-/t12-,13+,14-,15-,16-,17+,20-/m0/s1. The van der Waals surface area contributed by atoms with Crippen LogP contribution < -0.4 is 0 Å². The number of aliphatic hydroxyl groups excluding tert-OH is 1. The lowest BCUT2D eigenvalue weighted by molar-refractivity contribution is -0.148. The van der Waals surface area contributed by atoms with Crippen LogP contribution in [0.5, 0.6) is 0 Å². The summed E-state index contributed by atoms with van der Waals surface area (Å²) in [6.07, 6.45) is 1.97. The van der Waals surface area contributed by atoms with Gasteiger partial charge in [0.2, 0.25) is 0 Å². The molecule has 0 amide bonds. The van der Waals surface area contributed by atoms with Gasteiger partial charge >= 0.3 is 11.9 Å². The quantitative estimate of drug-likeness (QED) is 0.342. The summed E-state index contributed by atoms with van der Waals surface area (Å²) in [5.74, 6) is -1.50. The summed E-state index contributed by atoms with van der Waals surface area (Å²) in [5, 5.41) is 9.75. The van der Waals surface area contributed by atoms with Crippen LogP contribution in [0.25, 0.3) is 0 Å². The highest BCUT2D eigenvalue weighted by atomic mass is 16.7. The van der Waals surface area contributed by atoms with E-state index in [1.807, 2.05) is 6.92 Å². The van der Waals surface area contributed by atoms with Gasteiger partial charge in [-0.15, -0.1) is 0 Å². The number of hydrogen-bond acceptors (Lipinski definition) is 7. The maximum absolute atomic E-state index is 12.4. The average Bonchev–Trinajstić information content (AvgIpc) is 3.51. The van der Waals surface area contributed by atoms with E-state index in [0.29, 0.717) is 17.6 Å². The fourth-order valence-corrected chi connectivity index (χ4v) is 4.11. The minimum Gasteiger partial charge on any atom is -0.458 e. The zero-order chi connectivity index (χ0) is 19.5. The third-order valence-corrected chi connectivity index (χ3v) is 5.97. The highest BCUT2D eigenvalue weighted by Gasteiger charge is 2.67. The lowest BCUT2D eigenvalue weighted by Crippen LogP contribution is -2.38. The molecular formula is C20H24O7. The van der Waals surface area contributed by atoms with Gasteiger partial charge in [-0.05, 0) is 32.4 Å². The van der Waals surface area contributed by atoms with Crippen molar-refractivity contribution in [2.24, 2.45) is 5.92 Å². The number of epoxide rings is 2. The van der Waals surface area contributed by atoms with Crippen LogP contribution >= 0.6 is 0 Å². The van der Waals surface area contributed by atoms with Crippen LogP contribution in [0.2, 0.25) is 0 Å². The molecule has 7 heteroatoms. The predicted octanol–water partition coefficient (Wildman–Crippen LogP) is 1.21. The molecule has 0 radical (unpaired) electrons. The SMILES string of the molecule is C=C1C(=O)O[C@H]2/C=C(/CO)[C@@H]3O[C@@H]3[C@H]3O[C@@]3(C)C[C@@H](OC(=O)/C(C)=C\C)[C@@H]12. The number of esters is 2. The first-order valence-electron chi connectivity index (χ1n) is 9.17. The first kappa shape index (κ1) is 18.4. The van der Waals surface area contributed by atoms with Gasteiger partial charge in [-0.2, -0.15) is 0 Å². The fourth-order valence-electron chi connectivity index (χ4n) is 4.11. The summed E-state index contributed by atoms with van der Waals surface area (Å²) in [6.45, 7) is 9.04. The van der Waals surface area contributed by atoms with Crippen molar-refractivity contribution in [3.8, 4) is 0 Å². The topological polar surface area (TPSA) is 97.9 Å². The Labute approximate surface area is 157 Å². The number of carbonyl (C=O) groups excluding carboxylic acids is 2. The number of allylic oxidation sites excluding steroid dienone is 1. The summed E-state index contributed by atoms with van der Waals surface area (Å²) in [4.78, 5) is 24.6. The minimum atomic E-state index is -0.667. The minimum absolute atomic E-state index is 0.135. The van der Waals surface area contributed by atoms with E-state index in [0.717, 1.165) is 0 Å². The molecule has 7 nitrogen and oxygen atoms in total. The molecule has 3 heterocycles. The summed E-state index contributed by atoms with van der Waals surface area (Å²) < 4.78 is 22.8. The molecule has 3 aliphatic heterocycles. The zero-order valence-corrected chi connectivity index (χ0v) is 15.6. The Balaban J connectivity index is 1.71. The second-order valence-electron chi connectivity index (χ2n) is 7.81. The Hall–Kier alpha value is -1.96. The van der Waals surface area contributed by atoms with Crippen LogP contribution in [0.15, 0.2) is 35.5 Å². The van der Waals surface area contributed by atoms with E-state index >= 15 is 0 Å². The van der Waals surface area contributed by atoms with Crippen molar-refractivity contribution in [2.45, 2.75) is 63.3 Å². The van der Waals surface area contributed by atoms with Crippen molar-refractivity contribution < 1.29 is 33.6 Å². The van der Waals surface area contributed by atoms with Crippen molar-refractivity contribution in [2.75, 3.05) is 6.61 Å². The van der Waals surface area contributed by atoms with Gasteiger partial charge in [0.05, 0.1) is 18.1 Å². The predicted molar refractivity (Wildman–Crippen MR) is 93.5 cm³/mol. The molecule has 0 aromatic heterocycles. The van der Waals surface area contributed by atoms with Crippen LogP contribution in [-0.4, -0.2) is 59.8 Å². The zero-order valence-electron chi connectivity index (χ0n) is 15.6. The molecule has 0 bridgehead atoms. The summed E-state index contributed by atoms with van der Waals surface area (Å²) in [7, 11) is 0. The lowest BCUT2D eigenvalue weighted by atomic mass is 9.82. The van der Waals surface area contributed by atoms with Crippen LogP contribution in [0.4, 0.5) is 0 Å². The summed E-state index contributed by atoms with van der Waals surface area (Å²) in [5.41, 5.74) is 0.865. The van der Waals surface area contributed by atoms with Gasteiger partial charge in [0, 0.05) is 17.6 Å². The normalized spacial score (nSPS) is 44.9. The number of carbonyl (C=O) groups is 2. The number of fused-ring (bicyclic) bond motifs is 4. The molecule has 0 saturated carbocycles. The maximum atomic E-state index is 12.4. The molecule has 0 unspecified atom stereocenters. The van der Waals surface area contributed by atoms with Crippen LogP contribution in [-0.2, 0) is 28.5 Å². The molecule has 0 spiro atoms. The second kappa shape index (κ2) is 6.29. The van der Waals surface area contributed by atoms with E-state index in [1.165, 1.54) is 0 Å². The molecule has 3 fully saturated rings. The number of hydrogen-bond donors (Lipinski definition) is 1. The highest BCUT2D eigenvalue weighted by molar-refractivity contribution is 5.92. The third kappa shape index (κ3) is 3.03. The van der Waals surface area contributed by atoms with E-state index in [9.17, 15) is 14.7 Å². The molecule has 4 rings (SSSR count). The van der Waals surface area contributed by atoms with Crippen LogP contribution in [0.3, 0.4) is 0 Å². The molecule has 1 aliphatic carbocycles. The number of rotatable bonds is 3. The molecular weight excluding hydrogens is 352 g/mol. The van der Waals surface area contributed by atoms with E-state index in [1.54, 1.807) is 26.0 Å². The Morgan fingerprint density at radius 1 is 1.52 bits per heavy atom. The summed E-state index contributed by atoms with van der Waals surface area (Å²) >= 11 is 0. The molecule has 1 N–H and O–H groups in total. The van der Waals surface area contributed by atoms with Gasteiger partial charge in [0.1, 0.15) is 30.5 Å². The molecule has 0 aromatic rings. The molecule has 4 aliphatic rings. The highest BCUT2D eigenvalue weighted by Crippen LogP contribution is 2.53. The Bertz CT molecular complexity index is 766. The van der Waals surface area contributed by atoms with Crippen molar-refractivity contribution in [1.82, 2.24) is 0 Å². The molecule has 7 atom stereocenters. The first-order valence-corrected chi connectivity index (χ1v) is 9.17. The Kier molecular flexibility index (Phi) is 4.29. The Morgan fingerprint density at radius 2 is 2.26 bits per heavy atom. The van der Waals surface area contributed by atoms with Crippen molar-refractivity contribution in [3.63, 3.8) is 0 Å². The van der Waals surface area contributed by atoms with E-state index in [4.69, 9.17) is 18.9 Å². The van der Waals surface area contributed by atoms with Crippen LogP contribution in [0.1, 0.15) is 27.2 Å². The average molecular weight is 376 g/mol. The Morgan fingerprint density at radius 3 is 2.93 bits per heavy atom. The van der Waals surface area contributed by atoms with Crippen molar-refractivity contribution in [1.29, 1.82) is 0 Å². The van der Waals surface area contributed by atoms with Gasteiger partial charge < -0.3 is 24.1 Å². The smallest absolute Gasteiger partial charge is 0.334 e. The second-order valence-corrected chi connectivity index (χ2v) is 7.81. The largest absolute Gasteiger partial charge is 0.458 e. The number of ether oxygens (including phenoxy) is 4. The van der Waals surface area contributed by atoms with Crippen molar-refractivity contribution in [3.05, 3.63) is 35.5 Å². The maximum Gasteiger partial charge on any atom is 0.334 e. The van der Waals surface area contributed by atoms with Gasteiger partial charge in [-0.3, -0.25) is 0 Å².